The number of carboxylic acid groups (broad SMARTS) is 1. The average molecular weight is 345 g/mol. The molecule has 3 aromatic rings. The van der Waals surface area contributed by atoms with E-state index in [2.05, 4.69) is 16.0 Å². The zero-order valence-corrected chi connectivity index (χ0v) is 14.7. The average Bonchev–Trinajstić information content (AvgIpc) is 2.97. The molecule has 2 aromatic heterocycles. The molecule has 5 heteroatoms. The van der Waals surface area contributed by atoms with E-state index >= 15 is 0 Å². The summed E-state index contributed by atoms with van der Waals surface area (Å²) in [5.41, 5.74) is 4.72. The van der Waals surface area contributed by atoms with Gasteiger partial charge < -0.3 is 5.11 Å². The molecule has 5 nitrogen and oxygen atoms in total. The molecule has 0 saturated carbocycles. The van der Waals surface area contributed by atoms with Gasteiger partial charge in [0.05, 0.1) is 29.2 Å². The number of carbonyl (C=O) groups is 1. The second kappa shape index (κ2) is 7.24. The Kier molecular flexibility index (Phi) is 4.85. The van der Waals surface area contributed by atoms with Gasteiger partial charge in [0.1, 0.15) is 0 Å². The first-order valence-electron chi connectivity index (χ1n) is 8.26. The second-order valence-corrected chi connectivity index (χ2v) is 6.09. The molecule has 0 aliphatic heterocycles. The number of hydrogen-bond donors (Lipinski definition) is 1. The molecule has 0 bridgehead atoms. The van der Waals surface area contributed by atoms with Gasteiger partial charge in [-0.2, -0.15) is 5.10 Å². The molecule has 26 heavy (non-hydrogen) atoms. The Morgan fingerprint density at radius 1 is 1.27 bits per heavy atom. The minimum absolute atomic E-state index is 0.105. The van der Waals surface area contributed by atoms with Crippen molar-refractivity contribution >= 4 is 5.97 Å². The third-order valence-corrected chi connectivity index (χ3v) is 4.36. The first-order chi connectivity index (χ1) is 12.5. The van der Waals surface area contributed by atoms with Crippen molar-refractivity contribution in [3.63, 3.8) is 0 Å². The Labute approximate surface area is 152 Å². The molecule has 0 spiro atoms. The Morgan fingerprint density at radius 2 is 2.00 bits per heavy atom. The molecule has 2 heterocycles. The van der Waals surface area contributed by atoms with Gasteiger partial charge in [-0.15, -0.1) is 12.3 Å². The standard InChI is InChI=1S/C21H19N3O2/c1-4-8-17(21(25)26)19-15(3)23-24(18-13-22-12-11-14(18)2)20(19)16-9-6-5-7-10-16/h1,5-7,9-13,17H,8H2,2-3H3,(H,25,26). The summed E-state index contributed by atoms with van der Waals surface area (Å²) in [6, 6.07) is 11.5. The van der Waals surface area contributed by atoms with Crippen molar-refractivity contribution in [2.24, 2.45) is 0 Å². The molecule has 0 amide bonds. The van der Waals surface area contributed by atoms with Gasteiger partial charge in [0.15, 0.2) is 0 Å². The van der Waals surface area contributed by atoms with Crippen LogP contribution in [0.3, 0.4) is 0 Å². The summed E-state index contributed by atoms with van der Waals surface area (Å²) < 4.78 is 1.77. The first-order valence-corrected chi connectivity index (χ1v) is 8.26. The lowest BCUT2D eigenvalue weighted by atomic mass is 9.91. The van der Waals surface area contributed by atoms with Gasteiger partial charge in [-0.25, -0.2) is 4.68 Å². The third-order valence-electron chi connectivity index (χ3n) is 4.36. The summed E-state index contributed by atoms with van der Waals surface area (Å²) in [6.45, 7) is 3.79. The Balaban J connectivity index is 2.34. The minimum Gasteiger partial charge on any atom is -0.481 e. The molecule has 0 fully saturated rings. The number of nitrogens with zero attached hydrogens (tertiary/aromatic N) is 3. The summed E-state index contributed by atoms with van der Waals surface area (Å²) in [4.78, 5) is 16.1. The zero-order valence-electron chi connectivity index (χ0n) is 14.7. The van der Waals surface area contributed by atoms with Crippen LogP contribution in [0.5, 0.6) is 0 Å². The predicted octanol–water partition coefficient (Wildman–Crippen LogP) is 3.74. The monoisotopic (exact) mass is 345 g/mol. The maximum atomic E-state index is 11.9. The van der Waals surface area contributed by atoms with Crippen LogP contribution in [-0.4, -0.2) is 25.8 Å². The van der Waals surface area contributed by atoms with Crippen molar-refractivity contribution in [2.45, 2.75) is 26.2 Å². The molecule has 0 aliphatic carbocycles. The fraction of sp³-hybridized carbons (Fsp3) is 0.190. The number of aliphatic carboxylic acids is 1. The van der Waals surface area contributed by atoms with Gasteiger partial charge in [-0.3, -0.25) is 9.78 Å². The molecule has 1 atom stereocenters. The van der Waals surface area contributed by atoms with Crippen molar-refractivity contribution in [1.82, 2.24) is 14.8 Å². The van der Waals surface area contributed by atoms with E-state index in [-0.39, 0.29) is 6.42 Å². The lowest BCUT2D eigenvalue weighted by Gasteiger charge is -2.15. The van der Waals surface area contributed by atoms with Crippen molar-refractivity contribution in [3.05, 3.63) is 65.6 Å². The summed E-state index contributed by atoms with van der Waals surface area (Å²) >= 11 is 0. The van der Waals surface area contributed by atoms with Gasteiger partial charge in [-0.05, 0) is 25.5 Å². The minimum atomic E-state index is -0.953. The highest BCUT2D eigenvalue weighted by Gasteiger charge is 2.29. The van der Waals surface area contributed by atoms with Crippen molar-refractivity contribution in [1.29, 1.82) is 0 Å². The van der Waals surface area contributed by atoms with Crippen molar-refractivity contribution in [3.8, 4) is 29.3 Å². The van der Waals surface area contributed by atoms with Crippen molar-refractivity contribution < 1.29 is 9.90 Å². The molecule has 130 valence electrons. The van der Waals surface area contributed by atoms with Gasteiger partial charge in [0, 0.05) is 23.7 Å². The molecule has 0 saturated heterocycles. The van der Waals surface area contributed by atoms with E-state index in [1.165, 1.54) is 0 Å². The van der Waals surface area contributed by atoms with E-state index in [0.717, 1.165) is 22.5 Å². The molecule has 1 N–H and O–H groups in total. The highest BCUT2D eigenvalue weighted by molar-refractivity contribution is 5.82. The Morgan fingerprint density at radius 3 is 2.62 bits per heavy atom. The maximum Gasteiger partial charge on any atom is 0.312 e. The van der Waals surface area contributed by atoms with Gasteiger partial charge in [0.2, 0.25) is 0 Å². The van der Waals surface area contributed by atoms with E-state index in [4.69, 9.17) is 6.42 Å². The number of carboxylic acids is 1. The topological polar surface area (TPSA) is 68.0 Å². The SMILES string of the molecule is C#CCC(C(=O)O)c1c(C)nn(-c2cnccc2C)c1-c1ccccc1. The number of aryl methyl sites for hydroxylation is 2. The quantitative estimate of drug-likeness (QED) is 0.715. The highest BCUT2D eigenvalue weighted by Crippen LogP contribution is 2.36. The number of hydrogen-bond acceptors (Lipinski definition) is 3. The van der Waals surface area contributed by atoms with Gasteiger partial charge in [-0.1, -0.05) is 30.3 Å². The van der Waals surface area contributed by atoms with Crippen LogP contribution in [0.2, 0.25) is 0 Å². The summed E-state index contributed by atoms with van der Waals surface area (Å²) in [5, 5.41) is 14.4. The molecule has 1 aromatic carbocycles. The van der Waals surface area contributed by atoms with Crippen LogP contribution in [0.15, 0.2) is 48.8 Å². The van der Waals surface area contributed by atoms with Crippen LogP contribution < -0.4 is 0 Å². The van der Waals surface area contributed by atoms with E-state index < -0.39 is 11.9 Å². The number of pyridine rings is 1. The number of rotatable bonds is 5. The molecule has 1 unspecified atom stereocenters. The number of aromatic nitrogens is 3. The van der Waals surface area contributed by atoms with E-state index in [1.807, 2.05) is 50.2 Å². The number of benzene rings is 1. The van der Waals surface area contributed by atoms with Gasteiger partial charge >= 0.3 is 5.97 Å². The molecule has 0 aliphatic rings. The fourth-order valence-corrected chi connectivity index (χ4v) is 3.11. The van der Waals surface area contributed by atoms with E-state index in [1.54, 1.807) is 17.1 Å². The zero-order chi connectivity index (χ0) is 18.7. The lowest BCUT2D eigenvalue weighted by molar-refractivity contribution is -0.138. The fourth-order valence-electron chi connectivity index (χ4n) is 3.11. The predicted molar refractivity (Wildman–Crippen MR) is 100 cm³/mol. The lowest BCUT2D eigenvalue weighted by Crippen LogP contribution is -2.13. The Hall–Kier alpha value is -3.39. The maximum absolute atomic E-state index is 11.9. The van der Waals surface area contributed by atoms with Gasteiger partial charge in [0.25, 0.3) is 0 Å². The van der Waals surface area contributed by atoms with E-state index in [9.17, 15) is 9.90 Å². The van der Waals surface area contributed by atoms with Crippen LogP contribution >= 0.6 is 0 Å². The summed E-state index contributed by atoms with van der Waals surface area (Å²) in [7, 11) is 0. The Bertz CT molecular complexity index is 984. The van der Waals surface area contributed by atoms with Crippen LogP contribution in [-0.2, 0) is 4.79 Å². The van der Waals surface area contributed by atoms with Crippen LogP contribution in [0.1, 0.15) is 29.2 Å². The molecular weight excluding hydrogens is 326 g/mol. The molecule has 3 rings (SSSR count). The second-order valence-electron chi connectivity index (χ2n) is 6.09. The third kappa shape index (κ3) is 3.09. The van der Waals surface area contributed by atoms with E-state index in [0.29, 0.717) is 11.3 Å². The summed E-state index contributed by atoms with van der Waals surface area (Å²) in [6.07, 6.45) is 8.99. The smallest absolute Gasteiger partial charge is 0.312 e. The molecular formula is C21H19N3O2. The normalized spacial score (nSPS) is 11.7. The van der Waals surface area contributed by atoms with Crippen molar-refractivity contribution in [2.75, 3.05) is 0 Å². The highest BCUT2D eigenvalue weighted by atomic mass is 16.4. The van der Waals surface area contributed by atoms with Crippen LogP contribution in [0.4, 0.5) is 0 Å². The van der Waals surface area contributed by atoms with Crippen LogP contribution in [0, 0.1) is 26.2 Å². The first kappa shape index (κ1) is 17.4. The molecule has 0 radical (unpaired) electrons. The summed E-state index contributed by atoms with van der Waals surface area (Å²) in [5.74, 6) is 0.712. The largest absolute Gasteiger partial charge is 0.481 e. The number of terminal acetylenes is 1. The van der Waals surface area contributed by atoms with Crippen LogP contribution in [0.25, 0.3) is 16.9 Å².